The van der Waals surface area contributed by atoms with Crippen LogP contribution in [0.1, 0.15) is 37.4 Å². The lowest BCUT2D eigenvalue weighted by Crippen LogP contribution is -2.47. The molecule has 1 atom stereocenters. The van der Waals surface area contributed by atoms with Crippen molar-refractivity contribution in [3.05, 3.63) is 63.1 Å². The fourth-order valence-electron chi connectivity index (χ4n) is 3.21. The Balaban J connectivity index is 2.07. The molecule has 0 bridgehead atoms. The van der Waals surface area contributed by atoms with Gasteiger partial charge in [-0.2, -0.15) is 0 Å². The van der Waals surface area contributed by atoms with E-state index in [1.54, 1.807) is 26.3 Å². The van der Waals surface area contributed by atoms with Gasteiger partial charge in [0, 0.05) is 12.6 Å². The lowest BCUT2D eigenvalue weighted by Gasteiger charge is -2.37. The van der Waals surface area contributed by atoms with E-state index >= 15 is 0 Å². The number of nitro benzene ring substituents is 1. The lowest BCUT2D eigenvalue weighted by molar-refractivity contribution is -0.388. The van der Waals surface area contributed by atoms with Crippen LogP contribution in [0.15, 0.2) is 47.3 Å². The highest BCUT2D eigenvalue weighted by atomic mass is 32.2. The molecule has 0 fully saturated rings. The largest absolute Gasteiger partial charge is 0.444 e. The SMILES string of the molecule is C=CCON(C1CN(C(=O)OC(C)(C)C)Cc2ncsc21)S(=O)(=O)c1ccccc1[N+](=O)[O-]. The van der Waals surface area contributed by atoms with Gasteiger partial charge in [0.2, 0.25) is 0 Å². The zero-order valence-corrected chi connectivity index (χ0v) is 20.0. The minimum Gasteiger partial charge on any atom is -0.444 e. The molecule has 1 aliphatic rings. The number of carbonyl (C=O) groups excluding carboxylic acids is 1. The second-order valence-electron chi connectivity index (χ2n) is 8.11. The van der Waals surface area contributed by atoms with Gasteiger partial charge < -0.3 is 9.64 Å². The first-order chi connectivity index (χ1) is 15.5. The smallest absolute Gasteiger partial charge is 0.410 e. The van der Waals surface area contributed by atoms with Gasteiger partial charge in [0.15, 0.2) is 4.90 Å². The molecule has 1 aliphatic heterocycles. The van der Waals surface area contributed by atoms with Crippen molar-refractivity contribution in [2.45, 2.75) is 43.9 Å². The number of sulfonamides is 1. The highest BCUT2D eigenvalue weighted by molar-refractivity contribution is 7.89. The maximum atomic E-state index is 13.6. The Morgan fingerprint density at radius 2 is 2.12 bits per heavy atom. The number of rotatable bonds is 7. The van der Waals surface area contributed by atoms with E-state index in [0.29, 0.717) is 15.0 Å². The summed E-state index contributed by atoms with van der Waals surface area (Å²) in [7, 11) is -4.53. The van der Waals surface area contributed by atoms with Crippen molar-refractivity contribution < 1.29 is 27.7 Å². The molecule has 0 N–H and O–H groups in total. The van der Waals surface area contributed by atoms with Gasteiger partial charge in [0.05, 0.1) is 34.2 Å². The Bertz CT molecular complexity index is 1160. The number of hydrogen-bond donors (Lipinski definition) is 0. The van der Waals surface area contributed by atoms with E-state index < -0.39 is 43.3 Å². The number of hydroxylamine groups is 1. The summed E-state index contributed by atoms with van der Waals surface area (Å²) < 4.78 is 33.4. The summed E-state index contributed by atoms with van der Waals surface area (Å²) in [6, 6.07) is 4.00. The molecule has 13 heteroatoms. The Labute approximate surface area is 195 Å². The maximum Gasteiger partial charge on any atom is 0.410 e. The third-order valence-corrected chi connectivity index (χ3v) is 7.22. The number of carbonyl (C=O) groups is 1. The summed E-state index contributed by atoms with van der Waals surface area (Å²) in [6.45, 7) is 8.56. The van der Waals surface area contributed by atoms with E-state index in [1.165, 1.54) is 34.4 Å². The molecule has 33 heavy (non-hydrogen) atoms. The number of ether oxygens (including phenoxy) is 1. The van der Waals surface area contributed by atoms with Crippen molar-refractivity contribution in [3.8, 4) is 0 Å². The molecule has 11 nitrogen and oxygen atoms in total. The Morgan fingerprint density at radius 1 is 1.42 bits per heavy atom. The number of benzene rings is 1. The number of aromatic nitrogens is 1. The lowest BCUT2D eigenvalue weighted by atomic mass is 10.1. The number of amides is 1. The van der Waals surface area contributed by atoms with E-state index in [-0.39, 0.29) is 19.7 Å². The predicted molar refractivity (Wildman–Crippen MR) is 120 cm³/mol. The molecule has 1 amide bonds. The van der Waals surface area contributed by atoms with E-state index in [0.717, 1.165) is 12.1 Å². The van der Waals surface area contributed by atoms with Crippen LogP contribution in [0.25, 0.3) is 0 Å². The zero-order valence-electron chi connectivity index (χ0n) is 18.3. The summed E-state index contributed by atoms with van der Waals surface area (Å²) in [5, 5.41) is 11.5. The minimum absolute atomic E-state index is 0.0961. The van der Waals surface area contributed by atoms with Crippen LogP contribution >= 0.6 is 11.3 Å². The van der Waals surface area contributed by atoms with Crippen LogP contribution in [-0.4, -0.2) is 52.5 Å². The van der Waals surface area contributed by atoms with E-state index in [1.807, 2.05) is 0 Å². The molecule has 0 aliphatic carbocycles. The Morgan fingerprint density at radius 3 is 2.76 bits per heavy atom. The molecule has 0 saturated carbocycles. The van der Waals surface area contributed by atoms with Crippen LogP contribution in [0.5, 0.6) is 0 Å². The summed E-state index contributed by atoms with van der Waals surface area (Å²) in [6.07, 6.45) is 0.710. The first-order valence-corrected chi connectivity index (χ1v) is 12.2. The fraction of sp³-hybridized carbons (Fsp3) is 0.400. The van der Waals surface area contributed by atoms with Gasteiger partial charge in [-0.05, 0) is 26.8 Å². The molecule has 3 rings (SSSR count). The van der Waals surface area contributed by atoms with Gasteiger partial charge in [0.1, 0.15) is 11.6 Å². The van der Waals surface area contributed by atoms with Gasteiger partial charge >= 0.3 is 6.09 Å². The van der Waals surface area contributed by atoms with Crippen molar-refractivity contribution in [1.82, 2.24) is 14.4 Å². The Hall–Kier alpha value is -2.87. The van der Waals surface area contributed by atoms with Gasteiger partial charge in [-0.1, -0.05) is 22.7 Å². The van der Waals surface area contributed by atoms with Gasteiger partial charge in [-0.15, -0.1) is 17.9 Å². The molecule has 0 saturated heterocycles. The summed E-state index contributed by atoms with van der Waals surface area (Å²) in [5.41, 5.74) is 0.686. The average molecular weight is 497 g/mol. The topological polar surface area (TPSA) is 132 Å². The number of thiazole rings is 1. The summed E-state index contributed by atoms with van der Waals surface area (Å²) in [5.74, 6) is 0. The minimum atomic E-state index is -4.53. The second kappa shape index (κ2) is 9.55. The van der Waals surface area contributed by atoms with Gasteiger partial charge in [0.25, 0.3) is 15.7 Å². The van der Waals surface area contributed by atoms with Crippen LogP contribution in [-0.2, 0) is 26.1 Å². The molecule has 1 unspecified atom stereocenters. The highest BCUT2D eigenvalue weighted by Crippen LogP contribution is 2.39. The van der Waals surface area contributed by atoms with Crippen LogP contribution < -0.4 is 0 Å². The monoisotopic (exact) mass is 496 g/mol. The quantitative estimate of drug-likeness (QED) is 0.322. The van der Waals surface area contributed by atoms with Gasteiger partial charge in [-0.25, -0.2) is 18.2 Å². The molecule has 2 heterocycles. The zero-order chi connectivity index (χ0) is 24.4. The average Bonchev–Trinajstić information content (AvgIpc) is 3.21. The molecule has 0 spiro atoms. The van der Waals surface area contributed by atoms with E-state index in [2.05, 4.69) is 11.6 Å². The molecular formula is C20H24N4O7S2. The molecule has 178 valence electrons. The van der Waals surface area contributed by atoms with Crippen LogP contribution in [0.2, 0.25) is 0 Å². The van der Waals surface area contributed by atoms with E-state index in [4.69, 9.17) is 9.57 Å². The molecular weight excluding hydrogens is 472 g/mol. The van der Waals surface area contributed by atoms with Crippen molar-refractivity contribution >= 4 is 33.1 Å². The standard InChI is InChI=1S/C20H24N4O7S2/c1-5-10-30-24(33(28,29)17-9-7-6-8-15(17)23(26)27)16-12-22(19(25)31-20(2,3)4)11-14-18(16)32-13-21-14/h5-9,13,16H,1,10-12H2,2-4H3. The maximum absolute atomic E-state index is 13.6. The molecule has 1 aromatic carbocycles. The Kier molecular flexibility index (Phi) is 7.17. The van der Waals surface area contributed by atoms with Crippen LogP contribution in [0.3, 0.4) is 0 Å². The number of nitro groups is 1. The summed E-state index contributed by atoms with van der Waals surface area (Å²) in [4.78, 5) is 34.7. The molecule has 2 aromatic rings. The van der Waals surface area contributed by atoms with Crippen molar-refractivity contribution in [3.63, 3.8) is 0 Å². The van der Waals surface area contributed by atoms with Crippen LogP contribution in [0, 0.1) is 10.1 Å². The first-order valence-electron chi connectivity index (χ1n) is 9.87. The fourth-order valence-corrected chi connectivity index (χ4v) is 5.71. The van der Waals surface area contributed by atoms with Crippen LogP contribution in [0.4, 0.5) is 10.5 Å². The summed E-state index contributed by atoms with van der Waals surface area (Å²) >= 11 is 1.21. The van der Waals surface area contributed by atoms with Gasteiger partial charge in [-0.3, -0.25) is 15.0 Å². The third-order valence-electron chi connectivity index (χ3n) is 4.51. The highest BCUT2D eigenvalue weighted by Gasteiger charge is 2.43. The molecule has 1 aromatic heterocycles. The second-order valence-corrected chi connectivity index (χ2v) is 10.7. The van der Waals surface area contributed by atoms with Crippen molar-refractivity contribution in [1.29, 1.82) is 0 Å². The number of fused-ring (bicyclic) bond motifs is 1. The molecule has 0 radical (unpaired) electrons. The normalized spacial score (nSPS) is 16.4. The number of para-hydroxylation sites is 1. The van der Waals surface area contributed by atoms with E-state index in [9.17, 15) is 23.3 Å². The first kappa shape index (κ1) is 24.8. The predicted octanol–water partition coefficient (Wildman–Crippen LogP) is 3.65. The van der Waals surface area contributed by atoms with Crippen molar-refractivity contribution in [2.75, 3.05) is 13.2 Å². The van der Waals surface area contributed by atoms with Crippen molar-refractivity contribution in [2.24, 2.45) is 0 Å². The number of nitrogens with zero attached hydrogens (tertiary/aromatic N) is 4. The third kappa shape index (κ3) is 5.38. The number of hydrogen-bond acceptors (Lipinski definition) is 9.